The van der Waals surface area contributed by atoms with E-state index in [9.17, 15) is 200 Å². The summed E-state index contributed by atoms with van der Waals surface area (Å²) in [6, 6.07) is 34.7. The maximum absolute atomic E-state index is 13.3. The van der Waals surface area contributed by atoms with Crippen molar-refractivity contribution in [1.82, 2.24) is 0 Å². The fourth-order valence-corrected chi connectivity index (χ4v) is 18.6. The summed E-state index contributed by atoms with van der Waals surface area (Å²) in [5, 5.41) is 0. The van der Waals surface area contributed by atoms with Crippen LogP contribution in [0.4, 0.5) is 140 Å². The lowest BCUT2D eigenvalue weighted by atomic mass is 10.1. The molecule has 58 heteroatoms. The van der Waals surface area contributed by atoms with Gasteiger partial charge in [0.25, 0.3) is 11.0 Å². The van der Waals surface area contributed by atoms with Gasteiger partial charge in [0, 0.05) is 0 Å². The fraction of sp³-hybridized carbons (Fsp3) is 0.167. The zero-order valence-electron chi connectivity index (χ0n) is 61.8. The standard InChI is InChI=1S/2C34H19F12O6S3.2C2H2F4O3S/c2*35-31(36,37)20-14-21(32(38,39)40)17-29(16-20)54(47,48)51-24-6-10-27(11-7-24)53(26-4-2-1-3-5-26)28-12-8-25(9-13-28)52-55(49,50)30-18-22(33(41,42)43)15-23(19-30)34(44,45)46;2*3-1(2(4,5)6)10(7,8)9/h2*1-19H;2*1H,(H,7,8,9)/q2*+1;;/p-2. The molecule has 708 valence electrons. The molecule has 0 aliphatic carbocycles. The third-order valence-corrected chi connectivity index (χ3v) is 26.3. The normalized spacial score (nSPS) is 13.8. The number of hydrogen-bond donors (Lipinski definition) is 0. The average molecular weight is 2060 g/mol. The number of alkyl halides is 32. The van der Waals surface area contributed by atoms with Crippen LogP contribution in [0.5, 0.6) is 23.0 Å². The molecule has 2 atom stereocenters. The van der Waals surface area contributed by atoms with Crippen molar-refractivity contribution in [2.45, 2.75) is 122 Å². The molecule has 18 nitrogen and oxygen atoms in total. The van der Waals surface area contributed by atoms with Gasteiger partial charge in [-0.05, 0) is 194 Å². The van der Waals surface area contributed by atoms with Crippen molar-refractivity contribution in [2.24, 2.45) is 0 Å². The minimum absolute atomic E-state index is 0.0101. The number of halogens is 32. The Hall–Kier alpha value is -10.5. The van der Waals surface area contributed by atoms with E-state index >= 15 is 0 Å². The second-order valence-electron chi connectivity index (χ2n) is 24.9. The molecule has 10 aromatic rings. The highest BCUT2D eigenvalue weighted by Crippen LogP contribution is 2.46. The molecule has 10 rings (SSSR count). The Morgan fingerprint density at radius 3 is 0.469 bits per heavy atom. The predicted molar refractivity (Wildman–Crippen MR) is 381 cm³/mol. The molecular formula is C72H40F32O18S8. The third kappa shape index (κ3) is 29.2. The van der Waals surface area contributed by atoms with Crippen molar-refractivity contribution < 1.29 is 217 Å². The highest BCUT2D eigenvalue weighted by atomic mass is 32.2. The molecule has 130 heavy (non-hydrogen) atoms. The summed E-state index contributed by atoms with van der Waals surface area (Å²) in [4.78, 5) is -2.78. The maximum atomic E-state index is 13.3. The van der Waals surface area contributed by atoms with Crippen LogP contribution in [0.3, 0.4) is 0 Å². The van der Waals surface area contributed by atoms with Gasteiger partial charge in [0.05, 0.1) is 66.3 Å². The summed E-state index contributed by atoms with van der Waals surface area (Å²) in [7, 11) is -35.0. The smallest absolute Gasteiger partial charge is 0.433 e. The first kappa shape index (κ1) is 107. The first-order chi connectivity index (χ1) is 58.8. The van der Waals surface area contributed by atoms with Gasteiger partial charge in [0.15, 0.2) is 29.4 Å². The van der Waals surface area contributed by atoms with Crippen LogP contribution in [-0.2, 0) is 132 Å². The van der Waals surface area contributed by atoms with E-state index in [4.69, 9.17) is 16.7 Å². The van der Waals surface area contributed by atoms with Gasteiger partial charge >= 0.3 is 102 Å². The summed E-state index contributed by atoms with van der Waals surface area (Å²) >= 11 is 0. The molecule has 0 spiro atoms. The number of hydrogen-bond acceptors (Lipinski definition) is 18. The third-order valence-electron chi connectivity index (χ3n) is 15.4. The van der Waals surface area contributed by atoms with Gasteiger partial charge in [0.2, 0.25) is 0 Å². The molecule has 0 aliphatic heterocycles. The van der Waals surface area contributed by atoms with Gasteiger partial charge in [-0.25, -0.2) is 25.6 Å². The van der Waals surface area contributed by atoms with Crippen LogP contribution in [0.2, 0.25) is 0 Å². The summed E-state index contributed by atoms with van der Waals surface area (Å²) in [6.07, 6.45) is -53.9. The van der Waals surface area contributed by atoms with Crippen LogP contribution in [0.25, 0.3) is 0 Å². The summed E-state index contributed by atoms with van der Waals surface area (Å²) in [6.45, 7) is 0. The van der Waals surface area contributed by atoms with E-state index in [1.54, 1.807) is 60.7 Å². The Balaban J connectivity index is 0.000000293. The van der Waals surface area contributed by atoms with E-state index < -0.39 is 242 Å². The fourth-order valence-electron chi connectivity index (χ4n) is 9.76. The largest absolute Gasteiger partial charge is 0.745 e. The second kappa shape index (κ2) is 38.7. The molecule has 0 bridgehead atoms. The Morgan fingerprint density at radius 2 is 0.354 bits per heavy atom. The molecule has 0 N–H and O–H groups in total. The van der Waals surface area contributed by atoms with Crippen molar-refractivity contribution in [3.8, 4) is 23.0 Å². The van der Waals surface area contributed by atoms with E-state index in [0.29, 0.717) is 29.4 Å². The zero-order valence-corrected chi connectivity index (χ0v) is 68.3. The van der Waals surface area contributed by atoms with E-state index in [1.807, 2.05) is 0 Å². The topological polar surface area (TPSA) is 288 Å². The van der Waals surface area contributed by atoms with Gasteiger partial charge < -0.3 is 25.8 Å². The summed E-state index contributed by atoms with van der Waals surface area (Å²) < 4.78 is 586. The molecule has 0 fully saturated rings. The molecule has 0 saturated carbocycles. The first-order valence-electron chi connectivity index (χ1n) is 33.0. The van der Waals surface area contributed by atoms with Crippen LogP contribution in [0, 0.1) is 0 Å². The Morgan fingerprint density at radius 1 is 0.215 bits per heavy atom. The molecule has 0 radical (unpaired) electrons. The van der Waals surface area contributed by atoms with Crippen LogP contribution < -0.4 is 16.7 Å². The first-order valence-corrected chi connectivity index (χ1v) is 44.1. The monoisotopic (exact) mass is 2060 g/mol. The van der Waals surface area contributed by atoms with Gasteiger partial charge in [-0.1, -0.05) is 36.4 Å². The van der Waals surface area contributed by atoms with Gasteiger partial charge in [-0.15, -0.1) is 0 Å². The average Bonchev–Trinajstić information content (AvgIpc) is 0.788. The van der Waals surface area contributed by atoms with E-state index in [-0.39, 0.29) is 72.8 Å². The molecule has 0 heterocycles. The van der Waals surface area contributed by atoms with Crippen LogP contribution in [0.15, 0.2) is 279 Å². The Kier molecular flexibility index (Phi) is 31.7. The molecular weight excluding hydrogens is 2020 g/mol. The molecule has 0 aromatic heterocycles. The van der Waals surface area contributed by atoms with Gasteiger partial charge in [0.1, 0.15) is 62.8 Å². The van der Waals surface area contributed by atoms with Crippen molar-refractivity contribution in [3.63, 3.8) is 0 Å². The maximum Gasteiger partial charge on any atom is 0.433 e. The van der Waals surface area contributed by atoms with Gasteiger partial charge in [-0.3, -0.25) is 0 Å². The molecule has 0 saturated heterocycles. The van der Waals surface area contributed by atoms with Crippen molar-refractivity contribution in [2.75, 3.05) is 0 Å². The molecule has 0 amide bonds. The minimum Gasteiger partial charge on any atom is -0.745 e. The van der Waals surface area contributed by atoms with Crippen LogP contribution in [-0.4, -0.2) is 83.0 Å². The van der Waals surface area contributed by atoms with E-state index in [0.717, 1.165) is 48.5 Å². The predicted octanol–water partition coefficient (Wildman–Crippen LogP) is 21.6. The zero-order chi connectivity index (χ0) is 98.7. The van der Waals surface area contributed by atoms with Crippen LogP contribution >= 0.6 is 0 Å². The van der Waals surface area contributed by atoms with E-state index in [1.165, 1.54) is 48.5 Å². The lowest BCUT2D eigenvalue weighted by Crippen LogP contribution is -2.32. The summed E-state index contributed by atoms with van der Waals surface area (Å²) in [5.41, 5.74) is -23.7. The highest BCUT2D eigenvalue weighted by Gasteiger charge is 2.48. The SMILES string of the molecule is O=S(=O)(Oc1ccc([S+](c2ccccc2)c2ccc(OS(=O)(=O)c3cc(C(F)(F)F)cc(C(F)(F)F)c3)cc2)cc1)c1cc(C(F)(F)F)cc(C(F)(F)F)c1.O=S(=O)(Oc1ccc([S+](c2ccccc2)c2ccc(OS(=O)(=O)c3cc(C(F)(F)F)cc(C(F)(F)F)c3)cc2)cc1)c1cc(C(F)(F)F)cc(C(F)(F)F)c1.O=S(=O)([O-])C(F)C(F)(F)F.O=S(=O)([O-])C(F)C(F)(F)F. The quantitative estimate of drug-likeness (QED) is 0.0296. The van der Waals surface area contributed by atoms with Crippen molar-refractivity contribution in [1.29, 1.82) is 0 Å². The number of rotatable bonds is 20. The Labute approximate surface area is 715 Å². The van der Waals surface area contributed by atoms with Gasteiger partial charge in [-0.2, -0.15) is 165 Å². The molecule has 0 aliphatic rings. The lowest BCUT2D eigenvalue weighted by Gasteiger charge is -2.15. The van der Waals surface area contributed by atoms with Crippen LogP contribution in [0.1, 0.15) is 44.5 Å². The lowest BCUT2D eigenvalue weighted by molar-refractivity contribution is -0.158. The molecule has 10 aromatic carbocycles. The van der Waals surface area contributed by atoms with E-state index in [2.05, 4.69) is 0 Å². The molecule has 2 unspecified atom stereocenters. The van der Waals surface area contributed by atoms with Crippen molar-refractivity contribution in [3.05, 3.63) is 275 Å². The number of benzene rings is 10. The Bertz CT molecular complexity index is 5580. The second-order valence-corrected chi connectivity index (χ2v) is 38.0. The highest BCUT2D eigenvalue weighted by molar-refractivity contribution is 7.97. The van der Waals surface area contributed by atoms with Crippen molar-refractivity contribution >= 4 is 82.5 Å². The minimum atomic E-state index is -5.90. The summed E-state index contributed by atoms with van der Waals surface area (Å²) in [5.74, 6) is -1.99.